The maximum absolute atomic E-state index is 11.1. The number of hydrogen-bond donors (Lipinski definition) is 0. The predicted octanol–water partition coefficient (Wildman–Crippen LogP) is 2.01. The highest BCUT2D eigenvalue weighted by Gasteiger charge is 2.38. The van der Waals surface area contributed by atoms with Crippen molar-refractivity contribution in [1.29, 1.82) is 0 Å². The Morgan fingerprint density at radius 1 is 1.56 bits per heavy atom. The van der Waals surface area contributed by atoms with Gasteiger partial charge in [-0.15, -0.1) is 0 Å². The monoisotopic (exact) mass is 126 g/mol. The summed E-state index contributed by atoms with van der Waals surface area (Å²) < 4.78 is 0. The van der Waals surface area contributed by atoms with E-state index < -0.39 is 0 Å². The highest BCUT2D eigenvalue weighted by atomic mass is 16.1. The van der Waals surface area contributed by atoms with E-state index in [4.69, 9.17) is 0 Å². The first-order valence-corrected chi connectivity index (χ1v) is 3.58. The molecule has 0 aromatic carbocycles. The van der Waals surface area contributed by atoms with Gasteiger partial charge in [0.25, 0.3) is 0 Å². The fourth-order valence-corrected chi connectivity index (χ4v) is 1.31. The lowest BCUT2D eigenvalue weighted by Gasteiger charge is -2.20. The average molecular weight is 126 g/mol. The van der Waals surface area contributed by atoms with Gasteiger partial charge >= 0.3 is 0 Å². The molecule has 1 aliphatic carbocycles. The number of Topliss-reactive ketones (excluding diaryl/α,β-unsaturated/α-hetero) is 1. The van der Waals surface area contributed by atoms with Gasteiger partial charge in [-0.05, 0) is 12.3 Å². The van der Waals surface area contributed by atoms with Crippen molar-refractivity contribution in [3.8, 4) is 0 Å². The van der Waals surface area contributed by atoms with Gasteiger partial charge < -0.3 is 0 Å². The summed E-state index contributed by atoms with van der Waals surface area (Å²) >= 11 is 0. The van der Waals surface area contributed by atoms with E-state index in [-0.39, 0.29) is 5.41 Å². The number of hydrogen-bond acceptors (Lipinski definition) is 1. The molecule has 0 unspecified atom stereocenters. The van der Waals surface area contributed by atoms with Crippen molar-refractivity contribution in [3.63, 3.8) is 0 Å². The van der Waals surface area contributed by atoms with Crippen LogP contribution in [-0.2, 0) is 4.79 Å². The Morgan fingerprint density at radius 2 is 2.11 bits per heavy atom. The Labute approximate surface area is 56.4 Å². The van der Waals surface area contributed by atoms with Crippen LogP contribution < -0.4 is 0 Å². The first kappa shape index (κ1) is 6.79. The SMILES string of the molecule is C[C@@H]1CCC(=O)C1(C)C. The van der Waals surface area contributed by atoms with Gasteiger partial charge in [0.15, 0.2) is 0 Å². The molecule has 0 N–H and O–H groups in total. The van der Waals surface area contributed by atoms with Gasteiger partial charge in [0.2, 0.25) is 0 Å². The molecule has 0 aliphatic heterocycles. The molecule has 0 radical (unpaired) electrons. The van der Waals surface area contributed by atoms with Gasteiger partial charge in [-0.1, -0.05) is 20.8 Å². The minimum absolute atomic E-state index is 0.0278. The molecule has 0 spiro atoms. The highest BCUT2D eigenvalue weighted by Crippen LogP contribution is 2.38. The zero-order valence-electron chi connectivity index (χ0n) is 6.40. The largest absolute Gasteiger partial charge is 0.299 e. The van der Waals surface area contributed by atoms with Crippen molar-refractivity contribution in [2.45, 2.75) is 33.6 Å². The molecule has 1 atom stereocenters. The van der Waals surface area contributed by atoms with Crippen LogP contribution in [-0.4, -0.2) is 5.78 Å². The molecule has 0 amide bonds. The van der Waals surface area contributed by atoms with Crippen LogP contribution in [0.15, 0.2) is 0 Å². The van der Waals surface area contributed by atoms with E-state index in [1.165, 1.54) is 0 Å². The second kappa shape index (κ2) is 1.83. The van der Waals surface area contributed by atoms with Crippen LogP contribution in [0.2, 0.25) is 0 Å². The molecule has 0 saturated heterocycles. The summed E-state index contributed by atoms with van der Waals surface area (Å²) in [5.74, 6) is 1.03. The van der Waals surface area contributed by atoms with Crippen LogP contribution in [0.1, 0.15) is 33.6 Å². The van der Waals surface area contributed by atoms with Gasteiger partial charge in [-0.3, -0.25) is 4.79 Å². The summed E-state index contributed by atoms with van der Waals surface area (Å²) in [6.45, 7) is 6.25. The number of ketones is 1. The van der Waals surface area contributed by atoms with Crippen LogP contribution in [0.5, 0.6) is 0 Å². The molecular weight excluding hydrogens is 112 g/mol. The average Bonchev–Trinajstić information content (AvgIpc) is 1.96. The molecule has 1 heteroatoms. The van der Waals surface area contributed by atoms with Crippen molar-refractivity contribution in [2.75, 3.05) is 0 Å². The van der Waals surface area contributed by atoms with Gasteiger partial charge in [0.05, 0.1) is 0 Å². The smallest absolute Gasteiger partial charge is 0.138 e. The molecular formula is C8H14O. The Morgan fingerprint density at radius 3 is 2.22 bits per heavy atom. The van der Waals surface area contributed by atoms with E-state index in [0.29, 0.717) is 11.7 Å². The molecule has 0 bridgehead atoms. The van der Waals surface area contributed by atoms with Crippen LogP contribution >= 0.6 is 0 Å². The highest BCUT2D eigenvalue weighted by molar-refractivity contribution is 5.86. The molecule has 0 aromatic rings. The normalized spacial score (nSPS) is 33.2. The fraction of sp³-hybridized carbons (Fsp3) is 0.875. The molecule has 52 valence electrons. The second-order valence-electron chi connectivity index (χ2n) is 3.58. The Bertz CT molecular complexity index is 136. The molecule has 0 aromatic heterocycles. The van der Waals surface area contributed by atoms with Crippen molar-refractivity contribution in [3.05, 3.63) is 0 Å². The van der Waals surface area contributed by atoms with Crippen LogP contribution in [0.4, 0.5) is 0 Å². The lowest BCUT2D eigenvalue weighted by Crippen LogP contribution is -2.22. The molecule has 0 heterocycles. The molecule has 1 saturated carbocycles. The van der Waals surface area contributed by atoms with Gasteiger partial charge in [-0.2, -0.15) is 0 Å². The van der Waals surface area contributed by atoms with Crippen LogP contribution in [0, 0.1) is 11.3 Å². The van der Waals surface area contributed by atoms with E-state index in [9.17, 15) is 4.79 Å². The Hall–Kier alpha value is -0.330. The first-order chi connectivity index (χ1) is 4.05. The second-order valence-corrected chi connectivity index (χ2v) is 3.58. The van der Waals surface area contributed by atoms with Gasteiger partial charge in [0.1, 0.15) is 5.78 Å². The minimum atomic E-state index is -0.0278. The number of rotatable bonds is 0. The minimum Gasteiger partial charge on any atom is -0.299 e. The predicted molar refractivity (Wildman–Crippen MR) is 37.2 cm³/mol. The summed E-state index contributed by atoms with van der Waals surface area (Å²) in [6.07, 6.45) is 1.89. The standard InChI is InChI=1S/C8H14O/c1-6-4-5-7(9)8(6,2)3/h6H,4-5H2,1-3H3/t6-/m1/s1. The van der Waals surface area contributed by atoms with E-state index in [1.54, 1.807) is 0 Å². The van der Waals surface area contributed by atoms with Crippen LogP contribution in [0.3, 0.4) is 0 Å². The summed E-state index contributed by atoms with van der Waals surface area (Å²) in [6, 6.07) is 0. The zero-order chi connectivity index (χ0) is 7.07. The molecule has 1 rings (SSSR count). The van der Waals surface area contributed by atoms with E-state index in [0.717, 1.165) is 12.8 Å². The number of carbonyl (C=O) groups excluding carboxylic acids is 1. The lowest BCUT2D eigenvalue weighted by atomic mass is 9.83. The molecule has 1 nitrogen and oxygen atoms in total. The Kier molecular flexibility index (Phi) is 1.38. The molecule has 9 heavy (non-hydrogen) atoms. The van der Waals surface area contributed by atoms with E-state index in [1.807, 2.05) is 13.8 Å². The van der Waals surface area contributed by atoms with E-state index >= 15 is 0 Å². The maximum atomic E-state index is 11.1. The Balaban J connectivity index is 2.78. The van der Waals surface area contributed by atoms with Crippen molar-refractivity contribution in [1.82, 2.24) is 0 Å². The maximum Gasteiger partial charge on any atom is 0.138 e. The van der Waals surface area contributed by atoms with Gasteiger partial charge in [0, 0.05) is 11.8 Å². The fourth-order valence-electron chi connectivity index (χ4n) is 1.31. The molecule has 1 aliphatic rings. The van der Waals surface area contributed by atoms with Crippen molar-refractivity contribution in [2.24, 2.45) is 11.3 Å². The topological polar surface area (TPSA) is 17.1 Å². The summed E-state index contributed by atoms with van der Waals surface area (Å²) in [5.41, 5.74) is -0.0278. The zero-order valence-corrected chi connectivity index (χ0v) is 6.40. The third-order valence-corrected chi connectivity index (χ3v) is 2.76. The summed E-state index contributed by atoms with van der Waals surface area (Å²) in [5, 5.41) is 0. The lowest BCUT2D eigenvalue weighted by molar-refractivity contribution is -0.125. The third-order valence-electron chi connectivity index (χ3n) is 2.76. The summed E-state index contributed by atoms with van der Waals surface area (Å²) in [7, 11) is 0. The first-order valence-electron chi connectivity index (χ1n) is 3.58. The van der Waals surface area contributed by atoms with Crippen molar-refractivity contribution >= 4 is 5.78 Å². The van der Waals surface area contributed by atoms with Gasteiger partial charge in [-0.25, -0.2) is 0 Å². The quantitative estimate of drug-likeness (QED) is 0.485. The van der Waals surface area contributed by atoms with Crippen LogP contribution in [0.25, 0.3) is 0 Å². The van der Waals surface area contributed by atoms with Crippen molar-refractivity contribution < 1.29 is 4.79 Å². The number of carbonyl (C=O) groups is 1. The molecule has 1 fully saturated rings. The van der Waals surface area contributed by atoms with E-state index in [2.05, 4.69) is 6.92 Å². The third kappa shape index (κ3) is 0.887. The summed E-state index contributed by atoms with van der Waals surface area (Å²) in [4.78, 5) is 11.1.